The number of nitrogens with one attached hydrogen (secondary N) is 1. The molecule has 22 heavy (non-hydrogen) atoms. The highest BCUT2D eigenvalue weighted by atomic mass is 16.5. The van der Waals surface area contributed by atoms with Gasteiger partial charge in [-0.2, -0.15) is 0 Å². The first-order valence-electron chi connectivity index (χ1n) is 7.14. The number of hydrogen-bond acceptors (Lipinski definition) is 4. The summed E-state index contributed by atoms with van der Waals surface area (Å²) in [7, 11) is 3.85. The van der Waals surface area contributed by atoms with E-state index in [1.807, 2.05) is 62.3 Å². The van der Waals surface area contributed by atoms with Crippen LogP contribution in [0.2, 0.25) is 0 Å². The maximum atomic E-state index is 11.9. The van der Waals surface area contributed by atoms with Gasteiger partial charge in [-0.3, -0.25) is 4.79 Å². The minimum atomic E-state index is -0.156. The van der Waals surface area contributed by atoms with Gasteiger partial charge in [0.05, 0.1) is 0 Å². The molecule has 1 N–H and O–H groups in total. The minimum absolute atomic E-state index is 0.00239. The van der Waals surface area contributed by atoms with E-state index < -0.39 is 0 Å². The van der Waals surface area contributed by atoms with Gasteiger partial charge in [-0.25, -0.2) is 4.98 Å². The summed E-state index contributed by atoms with van der Waals surface area (Å²) in [5.41, 5.74) is 1.98. The second kappa shape index (κ2) is 7.45. The molecule has 1 amide bonds. The molecular formula is C17H21N3O2. The van der Waals surface area contributed by atoms with Crippen molar-refractivity contribution in [2.45, 2.75) is 13.5 Å². The number of anilines is 1. The van der Waals surface area contributed by atoms with E-state index in [-0.39, 0.29) is 12.5 Å². The smallest absolute Gasteiger partial charge is 0.258 e. The summed E-state index contributed by atoms with van der Waals surface area (Å²) in [6.45, 7) is 2.38. The van der Waals surface area contributed by atoms with Crippen molar-refractivity contribution >= 4 is 11.7 Å². The van der Waals surface area contributed by atoms with Crippen molar-refractivity contribution in [1.29, 1.82) is 0 Å². The quantitative estimate of drug-likeness (QED) is 0.888. The Morgan fingerprint density at radius 3 is 2.73 bits per heavy atom. The molecule has 0 spiro atoms. The van der Waals surface area contributed by atoms with Crippen molar-refractivity contribution in [2.75, 3.05) is 25.6 Å². The molecule has 0 aliphatic heterocycles. The Morgan fingerprint density at radius 1 is 1.23 bits per heavy atom. The van der Waals surface area contributed by atoms with Crippen molar-refractivity contribution in [3.8, 4) is 5.75 Å². The van der Waals surface area contributed by atoms with Gasteiger partial charge in [0, 0.05) is 32.4 Å². The number of amides is 1. The standard InChI is InChI=1S/C17H21N3O2/c1-13-7-4-5-9-15(13)22-12-16(21)19-11-14-8-6-10-18-17(14)20(2)3/h4-10H,11-12H2,1-3H3,(H,19,21). The zero-order valence-corrected chi connectivity index (χ0v) is 13.2. The van der Waals surface area contributed by atoms with Crippen molar-refractivity contribution in [3.63, 3.8) is 0 Å². The van der Waals surface area contributed by atoms with E-state index in [1.165, 1.54) is 0 Å². The second-order valence-corrected chi connectivity index (χ2v) is 5.21. The molecule has 0 aliphatic carbocycles. The number of pyridine rings is 1. The van der Waals surface area contributed by atoms with E-state index in [2.05, 4.69) is 10.3 Å². The van der Waals surface area contributed by atoms with Crippen molar-refractivity contribution in [2.24, 2.45) is 0 Å². The molecule has 5 nitrogen and oxygen atoms in total. The van der Waals surface area contributed by atoms with Gasteiger partial charge >= 0.3 is 0 Å². The summed E-state index contributed by atoms with van der Waals surface area (Å²) >= 11 is 0. The van der Waals surface area contributed by atoms with Gasteiger partial charge < -0.3 is 15.0 Å². The Hall–Kier alpha value is -2.56. The molecule has 0 radical (unpaired) electrons. The first-order valence-corrected chi connectivity index (χ1v) is 7.14. The Labute approximate surface area is 130 Å². The van der Waals surface area contributed by atoms with E-state index in [0.717, 1.165) is 22.7 Å². The fourth-order valence-corrected chi connectivity index (χ4v) is 2.08. The molecule has 2 rings (SSSR count). The number of aryl methyl sites for hydroxylation is 1. The number of nitrogens with zero attached hydrogens (tertiary/aromatic N) is 2. The Bertz CT molecular complexity index is 641. The number of carbonyl (C=O) groups is 1. The molecule has 0 atom stereocenters. The molecule has 0 saturated carbocycles. The molecule has 0 fully saturated rings. The van der Waals surface area contributed by atoms with Crippen LogP contribution in [-0.4, -0.2) is 31.6 Å². The van der Waals surface area contributed by atoms with E-state index >= 15 is 0 Å². The normalized spacial score (nSPS) is 10.1. The summed E-state index contributed by atoms with van der Waals surface area (Å²) in [4.78, 5) is 18.1. The highest BCUT2D eigenvalue weighted by Gasteiger charge is 2.08. The van der Waals surface area contributed by atoms with Gasteiger partial charge in [-0.05, 0) is 24.6 Å². The number of aromatic nitrogens is 1. The van der Waals surface area contributed by atoms with Crippen molar-refractivity contribution < 1.29 is 9.53 Å². The minimum Gasteiger partial charge on any atom is -0.484 e. The van der Waals surface area contributed by atoms with Crippen LogP contribution in [0.25, 0.3) is 0 Å². The van der Waals surface area contributed by atoms with Crippen LogP contribution in [0.4, 0.5) is 5.82 Å². The highest BCUT2D eigenvalue weighted by Crippen LogP contribution is 2.16. The fraction of sp³-hybridized carbons (Fsp3) is 0.294. The highest BCUT2D eigenvalue weighted by molar-refractivity contribution is 5.77. The molecule has 0 unspecified atom stereocenters. The summed E-state index contributed by atoms with van der Waals surface area (Å²) < 4.78 is 5.53. The lowest BCUT2D eigenvalue weighted by Crippen LogP contribution is -2.29. The summed E-state index contributed by atoms with van der Waals surface area (Å²) in [5.74, 6) is 1.42. The number of benzene rings is 1. The van der Waals surface area contributed by atoms with Gasteiger partial charge in [0.2, 0.25) is 0 Å². The monoisotopic (exact) mass is 299 g/mol. The number of para-hydroxylation sites is 1. The third kappa shape index (κ3) is 4.22. The van der Waals surface area contributed by atoms with E-state index in [9.17, 15) is 4.79 Å². The molecule has 1 aromatic heterocycles. The molecule has 1 aromatic carbocycles. The SMILES string of the molecule is Cc1ccccc1OCC(=O)NCc1cccnc1N(C)C. The zero-order valence-electron chi connectivity index (χ0n) is 13.2. The summed E-state index contributed by atoms with van der Waals surface area (Å²) in [6.07, 6.45) is 1.74. The first-order chi connectivity index (χ1) is 10.6. The van der Waals surface area contributed by atoms with Crippen LogP contribution in [0.5, 0.6) is 5.75 Å². The van der Waals surface area contributed by atoms with Gasteiger partial charge in [0.1, 0.15) is 11.6 Å². The maximum Gasteiger partial charge on any atom is 0.258 e. The first kappa shape index (κ1) is 15.8. The largest absolute Gasteiger partial charge is 0.484 e. The van der Waals surface area contributed by atoms with E-state index in [4.69, 9.17) is 4.74 Å². The van der Waals surface area contributed by atoms with Crippen LogP contribution in [0.1, 0.15) is 11.1 Å². The van der Waals surface area contributed by atoms with Gasteiger partial charge in [-0.1, -0.05) is 24.3 Å². The molecule has 5 heteroatoms. The molecule has 0 saturated heterocycles. The zero-order chi connectivity index (χ0) is 15.9. The van der Waals surface area contributed by atoms with Crippen molar-refractivity contribution in [3.05, 3.63) is 53.7 Å². The lowest BCUT2D eigenvalue weighted by Gasteiger charge is -2.16. The van der Waals surface area contributed by atoms with E-state index in [1.54, 1.807) is 6.20 Å². The molecule has 116 valence electrons. The Morgan fingerprint density at radius 2 is 2.00 bits per heavy atom. The van der Waals surface area contributed by atoms with Gasteiger partial charge in [-0.15, -0.1) is 0 Å². The molecule has 2 aromatic rings. The van der Waals surface area contributed by atoms with Crippen LogP contribution in [0.15, 0.2) is 42.6 Å². The van der Waals surface area contributed by atoms with Gasteiger partial charge in [0.15, 0.2) is 6.61 Å². The lowest BCUT2D eigenvalue weighted by atomic mass is 10.2. The molecule has 0 bridgehead atoms. The van der Waals surface area contributed by atoms with Crippen LogP contribution in [0.3, 0.4) is 0 Å². The van der Waals surface area contributed by atoms with Crippen LogP contribution < -0.4 is 15.0 Å². The third-order valence-electron chi connectivity index (χ3n) is 3.22. The number of rotatable bonds is 6. The topological polar surface area (TPSA) is 54.5 Å². The molecular weight excluding hydrogens is 278 g/mol. The molecule has 0 aliphatic rings. The second-order valence-electron chi connectivity index (χ2n) is 5.21. The fourth-order valence-electron chi connectivity index (χ4n) is 2.08. The number of ether oxygens (including phenoxy) is 1. The number of carbonyl (C=O) groups excluding carboxylic acids is 1. The van der Waals surface area contributed by atoms with Gasteiger partial charge in [0.25, 0.3) is 5.91 Å². The molecule has 1 heterocycles. The summed E-state index contributed by atoms with van der Waals surface area (Å²) in [5, 5.41) is 2.85. The van der Waals surface area contributed by atoms with Crippen LogP contribution in [-0.2, 0) is 11.3 Å². The Kier molecular flexibility index (Phi) is 5.36. The predicted octanol–water partition coefficient (Wildman–Crippen LogP) is 2.15. The average molecular weight is 299 g/mol. The van der Waals surface area contributed by atoms with Crippen LogP contribution >= 0.6 is 0 Å². The number of hydrogen-bond donors (Lipinski definition) is 1. The van der Waals surface area contributed by atoms with E-state index in [0.29, 0.717) is 6.54 Å². The van der Waals surface area contributed by atoms with Crippen molar-refractivity contribution in [1.82, 2.24) is 10.3 Å². The Balaban J connectivity index is 1.87. The third-order valence-corrected chi connectivity index (χ3v) is 3.22. The lowest BCUT2D eigenvalue weighted by molar-refractivity contribution is -0.123. The average Bonchev–Trinajstić information content (AvgIpc) is 2.52. The maximum absolute atomic E-state index is 11.9. The predicted molar refractivity (Wildman–Crippen MR) is 87.1 cm³/mol. The summed E-state index contributed by atoms with van der Waals surface area (Å²) in [6, 6.07) is 11.4. The van der Waals surface area contributed by atoms with Crippen LogP contribution in [0, 0.1) is 6.92 Å².